The van der Waals surface area contributed by atoms with Crippen molar-refractivity contribution < 1.29 is 17.6 Å². The lowest BCUT2D eigenvalue weighted by Crippen LogP contribution is -2.44. The largest absolute Gasteiger partial charge is 0.325 e. The smallest absolute Gasteiger partial charge is 0.242 e. The van der Waals surface area contributed by atoms with Gasteiger partial charge in [-0.15, -0.1) is 0 Å². The Kier molecular flexibility index (Phi) is 6.98. The van der Waals surface area contributed by atoms with Gasteiger partial charge in [0.2, 0.25) is 15.9 Å². The zero-order valence-corrected chi connectivity index (χ0v) is 15.2. The van der Waals surface area contributed by atoms with Crippen LogP contribution in [0.5, 0.6) is 0 Å². The van der Waals surface area contributed by atoms with Crippen molar-refractivity contribution in [1.29, 1.82) is 0 Å². The number of rotatable bonds is 8. The van der Waals surface area contributed by atoms with Crippen LogP contribution in [0.15, 0.2) is 59.5 Å². The molecule has 0 saturated carbocycles. The average Bonchev–Trinajstić information content (AvgIpc) is 2.59. The minimum atomic E-state index is -3.83. The summed E-state index contributed by atoms with van der Waals surface area (Å²) in [5, 5.41) is 2.55. The molecule has 0 unspecified atom stereocenters. The van der Waals surface area contributed by atoms with Gasteiger partial charge in [-0.3, -0.25) is 4.79 Å². The first-order chi connectivity index (χ1) is 11.9. The molecule has 8 heteroatoms. The van der Waals surface area contributed by atoms with Gasteiger partial charge in [0.25, 0.3) is 0 Å². The summed E-state index contributed by atoms with van der Waals surface area (Å²) in [7, 11) is -3.83. The highest BCUT2D eigenvalue weighted by molar-refractivity contribution is 7.98. The molecule has 0 aliphatic heterocycles. The molecule has 0 radical (unpaired) electrons. The number of hydrogen-bond acceptors (Lipinski definition) is 4. The number of nitrogens with one attached hydrogen (secondary N) is 2. The second kappa shape index (κ2) is 8.98. The fourth-order valence-electron chi connectivity index (χ4n) is 2.13. The van der Waals surface area contributed by atoms with Gasteiger partial charge in [-0.05, 0) is 48.8 Å². The first-order valence-corrected chi connectivity index (χ1v) is 10.4. The molecule has 0 saturated heterocycles. The summed E-state index contributed by atoms with van der Waals surface area (Å²) in [6.45, 7) is 0. The van der Waals surface area contributed by atoms with Crippen molar-refractivity contribution in [1.82, 2.24) is 4.72 Å². The number of carbonyl (C=O) groups is 1. The van der Waals surface area contributed by atoms with Crippen LogP contribution in [-0.2, 0) is 14.8 Å². The van der Waals surface area contributed by atoms with E-state index in [4.69, 9.17) is 0 Å². The Hall–Kier alpha value is -1.90. The van der Waals surface area contributed by atoms with Gasteiger partial charge in [-0.25, -0.2) is 12.8 Å². The summed E-state index contributed by atoms with van der Waals surface area (Å²) in [5.74, 6) is -0.416. The van der Waals surface area contributed by atoms with Crippen molar-refractivity contribution in [3.8, 4) is 0 Å². The van der Waals surface area contributed by atoms with Crippen LogP contribution >= 0.6 is 11.8 Å². The fraction of sp³-hybridized carbons (Fsp3) is 0.235. The van der Waals surface area contributed by atoms with Crippen molar-refractivity contribution >= 4 is 33.4 Å². The predicted molar refractivity (Wildman–Crippen MR) is 98.6 cm³/mol. The minimum absolute atomic E-state index is 0.0858. The van der Waals surface area contributed by atoms with Crippen molar-refractivity contribution in [3.63, 3.8) is 0 Å². The average molecular weight is 382 g/mol. The van der Waals surface area contributed by atoms with Crippen LogP contribution in [0, 0.1) is 5.82 Å². The Morgan fingerprint density at radius 2 is 1.88 bits per heavy atom. The van der Waals surface area contributed by atoms with Crippen molar-refractivity contribution in [2.45, 2.75) is 17.4 Å². The number of halogens is 1. The summed E-state index contributed by atoms with van der Waals surface area (Å²) in [6.07, 6.45) is 2.18. The van der Waals surface area contributed by atoms with Crippen LogP contribution in [0.1, 0.15) is 6.42 Å². The third kappa shape index (κ3) is 5.84. The molecule has 1 amide bonds. The van der Waals surface area contributed by atoms with E-state index in [0.29, 0.717) is 12.2 Å². The maximum absolute atomic E-state index is 13.2. The van der Waals surface area contributed by atoms with Gasteiger partial charge in [0.15, 0.2) is 0 Å². The zero-order chi connectivity index (χ0) is 18.3. The first kappa shape index (κ1) is 19.4. The molecule has 1 atom stereocenters. The van der Waals surface area contributed by atoms with Gasteiger partial charge in [0, 0.05) is 5.69 Å². The highest BCUT2D eigenvalue weighted by Crippen LogP contribution is 2.13. The van der Waals surface area contributed by atoms with E-state index in [1.165, 1.54) is 48.2 Å². The summed E-state index contributed by atoms with van der Waals surface area (Å²) in [5.41, 5.74) is 0.276. The summed E-state index contributed by atoms with van der Waals surface area (Å²) in [6, 6.07) is 12.3. The van der Waals surface area contributed by atoms with Crippen molar-refractivity contribution in [3.05, 3.63) is 60.4 Å². The molecule has 2 aromatic rings. The van der Waals surface area contributed by atoms with Gasteiger partial charge >= 0.3 is 0 Å². The Bertz CT molecular complexity index is 814. The van der Waals surface area contributed by atoms with E-state index >= 15 is 0 Å². The lowest BCUT2D eigenvalue weighted by atomic mass is 10.2. The quantitative estimate of drug-likeness (QED) is 0.736. The molecule has 0 spiro atoms. The van der Waals surface area contributed by atoms with Gasteiger partial charge < -0.3 is 5.32 Å². The molecule has 0 aliphatic carbocycles. The molecular formula is C17H19FN2O3S2. The SMILES string of the molecule is CSCC[C@@H](NS(=O)(=O)c1ccccc1)C(=O)Nc1cccc(F)c1. The summed E-state index contributed by atoms with van der Waals surface area (Å²) in [4.78, 5) is 12.6. The second-order valence-corrected chi connectivity index (χ2v) is 7.97. The molecule has 134 valence electrons. The monoisotopic (exact) mass is 382 g/mol. The Morgan fingerprint density at radius 1 is 1.16 bits per heavy atom. The van der Waals surface area contributed by atoms with Crippen LogP contribution in [0.2, 0.25) is 0 Å². The zero-order valence-electron chi connectivity index (χ0n) is 13.6. The van der Waals surface area contributed by atoms with E-state index in [1.807, 2.05) is 6.26 Å². The number of carbonyl (C=O) groups excluding carboxylic acids is 1. The van der Waals surface area contributed by atoms with Gasteiger partial charge in [-0.2, -0.15) is 16.5 Å². The first-order valence-electron chi connectivity index (χ1n) is 7.55. The highest BCUT2D eigenvalue weighted by atomic mass is 32.2. The summed E-state index contributed by atoms with van der Waals surface area (Å²) >= 11 is 1.50. The third-order valence-electron chi connectivity index (χ3n) is 3.37. The van der Waals surface area contributed by atoms with Crippen LogP contribution in [-0.4, -0.2) is 32.4 Å². The van der Waals surface area contributed by atoms with Crippen LogP contribution in [0.4, 0.5) is 10.1 Å². The van der Waals surface area contributed by atoms with Crippen LogP contribution < -0.4 is 10.0 Å². The maximum Gasteiger partial charge on any atom is 0.242 e. The number of thioether (sulfide) groups is 1. The van der Waals surface area contributed by atoms with E-state index in [0.717, 1.165) is 0 Å². The number of hydrogen-bond donors (Lipinski definition) is 2. The molecule has 0 bridgehead atoms. The minimum Gasteiger partial charge on any atom is -0.325 e. The van der Waals surface area contributed by atoms with Crippen molar-refractivity contribution in [2.24, 2.45) is 0 Å². The summed E-state index contributed by atoms with van der Waals surface area (Å²) < 4.78 is 40.6. The predicted octanol–water partition coefficient (Wildman–Crippen LogP) is 2.86. The van der Waals surface area contributed by atoms with Gasteiger partial charge in [0.05, 0.1) is 4.90 Å². The lowest BCUT2D eigenvalue weighted by Gasteiger charge is -2.18. The highest BCUT2D eigenvalue weighted by Gasteiger charge is 2.25. The van der Waals surface area contributed by atoms with E-state index in [1.54, 1.807) is 18.2 Å². The molecule has 0 aromatic heterocycles. The maximum atomic E-state index is 13.2. The lowest BCUT2D eigenvalue weighted by molar-refractivity contribution is -0.117. The molecule has 25 heavy (non-hydrogen) atoms. The standard InChI is InChI=1S/C17H19FN2O3S2/c1-24-11-10-16(17(21)19-14-7-5-6-13(18)12-14)20-25(22,23)15-8-3-2-4-9-15/h2-9,12,16,20H,10-11H2,1H3,(H,19,21)/t16-/m1/s1. The number of sulfonamides is 1. The van der Waals surface area contributed by atoms with Crippen molar-refractivity contribution in [2.75, 3.05) is 17.3 Å². The third-order valence-corrected chi connectivity index (χ3v) is 5.50. The molecule has 0 heterocycles. The fourth-order valence-corrected chi connectivity index (χ4v) is 3.85. The number of benzene rings is 2. The van der Waals surface area contributed by atoms with Gasteiger partial charge in [0.1, 0.15) is 11.9 Å². The van der Waals surface area contributed by atoms with E-state index < -0.39 is 27.8 Å². The molecule has 5 nitrogen and oxygen atoms in total. The number of amides is 1. The number of anilines is 1. The topological polar surface area (TPSA) is 75.3 Å². The molecular weight excluding hydrogens is 363 g/mol. The van der Waals surface area contributed by atoms with Crippen LogP contribution in [0.3, 0.4) is 0 Å². The van der Waals surface area contributed by atoms with Gasteiger partial charge in [-0.1, -0.05) is 24.3 Å². The molecule has 0 aliphatic rings. The second-order valence-electron chi connectivity index (χ2n) is 5.27. The molecule has 2 aromatic carbocycles. The van der Waals surface area contributed by atoms with E-state index in [2.05, 4.69) is 10.0 Å². The molecule has 2 rings (SSSR count). The van der Waals surface area contributed by atoms with E-state index in [-0.39, 0.29) is 10.6 Å². The Morgan fingerprint density at radius 3 is 2.52 bits per heavy atom. The molecule has 0 fully saturated rings. The van der Waals surface area contributed by atoms with E-state index in [9.17, 15) is 17.6 Å². The Labute approximate surface area is 151 Å². The molecule has 2 N–H and O–H groups in total. The Balaban J connectivity index is 2.16. The normalized spacial score (nSPS) is 12.6. The van der Waals surface area contributed by atoms with Crippen LogP contribution in [0.25, 0.3) is 0 Å².